The SMILES string of the molecule is C=CN1CC(c2ccc(OC)cc2)CC1=O. The second kappa shape index (κ2) is 4.39. The van der Waals surface area contributed by atoms with Gasteiger partial charge in [-0.1, -0.05) is 18.7 Å². The van der Waals surface area contributed by atoms with Crippen LogP contribution in [0.25, 0.3) is 0 Å². The number of hydrogen-bond donors (Lipinski definition) is 0. The average molecular weight is 217 g/mol. The molecule has 1 heterocycles. The zero-order valence-corrected chi connectivity index (χ0v) is 9.35. The van der Waals surface area contributed by atoms with Gasteiger partial charge in [-0.05, 0) is 23.9 Å². The van der Waals surface area contributed by atoms with E-state index in [-0.39, 0.29) is 11.8 Å². The highest BCUT2D eigenvalue weighted by molar-refractivity contribution is 5.80. The number of methoxy groups -OCH3 is 1. The van der Waals surface area contributed by atoms with Gasteiger partial charge >= 0.3 is 0 Å². The predicted octanol–water partition coefficient (Wildman–Crippen LogP) is 2.15. The summed E-state index contributed by atoms with van der Waals surface area (Å²) in [5, 5.41) is 0. The lowest BCUT2D eigenvalue weighted by Crippen LogP contribution is -2.17. The van der Waals surface area contributed by atoms with E-state index in [1.165, 1.54) is 5.56 Å². The topological polar surface area (TPSA) is 29.5 Å². The van der Waals surface area contributed by atoms with Crippen molar-refractivity contribution in [3.63, 3.8) is 0 Å². The molecule has 1 saturated heterocycles. The summed E-state index contributed by atoms with van der Waals surface area (Å²) in [6.07, 6.45) is 2.17. The van der Waals surface area contributed by atoms with Crippen molar-refractivity contribution in [2.45, 2.75) is 12.3 Å². The highest BCUT2D eigenvalue weighted by Crippen LogP contribution is 2.29. The van der Waals surface area contributed by atoms with Crippen LogP contribution in [0.1, 0.15) is 17.9 Å². The van der Waals surface area contributed by atoms with Gasteiger partial charge < -0.3 is 9.64 Å². The predicted molar refractivity (Wildman–Crippen MR) is 62.3 cm³/mol. The molecule has 1 atom stereocenters. The van der Waals surface area contributed by atoms with E-state index in [1.807, 2.05) is 24.3 Å². The van der Waals surface area contributed by atoms with Crippen molar-refractivity contribution in [2.24, 2.45) is 0 Å². The van der Waals surface area contributed by atoms with E-state index in [0.29, 0.717) is 6.42 Å². The van der Waals surface area contributed by atoms with Gasteiger partial charge in [-0.25, -0.2) is 0 Å². The number of benzene rings is 1. The summed E-state index contributed by atoms with van der Waals surface area (Å²) < 4.78 is 5.10. The highest BCUT2D eigenvalue weighted by Gasteiger charge is 2.28. The molecule has 0 N–H and O–H groups in total. The van der Waals surface area contributed by atoms with Crippen LogP contribution in [0.2, 0.25) is 0 Å². The lowest BCUT2D eigenvalue weighted by molar-refractivity contribution is -0.125. The van der Waals surface area contributed by atoms with Gasteiger partial charge in [0, 0.05) is 18.9 Å². The van der Waals surface area contributed by atoms with Crippen molar-refractivity contribution in [3.8, 4) is 5.75 Å². The van der Waals surface area contributed by atoms with Crippen LogP contribution >= 0.6 is 0 Å². The number of likely N-dealkylation sites (tertiary alicyclic amines) is 1. The van der Waals surface area contributed by atoms with E-state index < -0.39 is 0 Å². The number of ether oxygens (including phenoxy) is 1. The Kier molecular flexibility index (Phi) is 2.95. The van der Waals surface area contributed by atoms with Crippen LogP contribution in [0.4, 0.5) is 0 Å². The standard InChI is InChI=1S/C13H15NO2/c1-3-14-9-11(8-13(14)15)10-4-6-12(16-2)7-5-10/h3-7,11H,1,8-9H2,2H3. The quantitative estimate of drug-likeness (QED) is 0.776. The van der Waals surface area contributed by atoms with Crippen LogP contribution in [0.3, 0.4) is 0 Å². The van der Waals surface area contributed by atoms with Crippen LogP contribution in [0.5, 0.6) is 5.75 Å². The van der Waals surface area contributed by atoms with Gasteiger partial charge in [0.05, 0.1) is 7.11 Å². The van der Waals surface area contributed by atoms with Gasteiger partial charge in [0.15, 0.2) is 0 Å². The van der Waals surface area contributed by atoms with Crippen molar-refractivity contribution >= 4 is 5.91 Å². The van der Waals surface area contributed by atoms with Gasteiger partial charge in [0.2, 0.25) is 5.91 Å². The number of nitrogens with zero attached hydrogens (tertiary/aromatic N) is 1. The molecule has 16 heavy (non-hydrogen) atoms. The minimum absolute atomic E-state index is 0.149. The minimum Gasteiger partial charge on any atom is -0.497 e. The molecule has 0 spiro atoms. The van der Waals surface area contributed by atoms with Crippen LogP contribution in [0.15, 0.2) is 37.0 Å². The Balaban J connectivity index is 2.13. The van der Waals surface area contributed by atoms with Crippen LogP contribution in [0, 0.1) is 0 Å². The third-order valence-electron chi connectivity index (χ3n) is 2.97. The second-order valence-corrected chi connectivity index (χ2v) is 3.90. The van der Waals surface area contributed by atoms with Crippen molar-refractivity contribution < 1.29 is 9.53 Å². The van der Waals surface area contributed by atoms with E-state index in [1.54, 1.807) is 18.2 Å². The van der Waals surface area contributed by atoms with E-state index in [9.17, 15) is 4.79 Å². The molecule has 0 aliphatic carbocycles. The zero-order chi connectivity index (χ0) is 11.5. The molecule has 0 saturated carbocycles. The number of hydrogen-bond acceptors (Lipinski definition) is 2. The first kappa shape index (κ1) is 10.7. The minimum atomic E-state index is 0.149. The fraction of sp³-hybridized carbons (Fsp3) is 0.308. The van der Waals surface area contributed by atoms with Gasteiger partial charge in [0.1, 0.15) is 5.75 Å². The molecular weight excluding hydrogens is 202 g/mol. The molecule has 0 aromatic heterocycles. The van der Waals surface area contributed by atoms with Gasteiger partial charge in [-0.15, -0.1) is 0 Å². The summed E-state index contributed by atoms with van der Waals surface area (Å²) >= 11 is 0. The third-order valence-corrected chi connectivity index (χ3v) is 2.97. The van der Waals surface area contributed by atoms with Crippen molar-refractivity contribution in [2.75, 3.05) is 13.7 Å². The van der Waals surface area contributed by atoms with Crippen molar-refractivity contribution in [3.05, 3.63) is 42.6 Å². The van der Waals surface area contributed by atoms with E-state index in [4.69, 9.17) is 4.74 Å². The van der Waals surface area contributed by atoms with E-state index in [2.05, 4.69) is 6.58 Å². The van der Waals surface area contributed by atoms with Crippen molar-refractivity contribution in [1.29, 1.82) is 0 Å². The number of carbonyl (C=O) groups excluding carboxylic acids is 1. The molecule has 1 unspecified atom stereocenters. The molecule has 3 nitrogen and oxygen atoms in total. The maximum atomic E-state index is 11.5. The second-order valence-electron chi connectivity index (χ2n) is 3.90. The van der Waals surface area contributed by atoms with E-state index >= 15 is 0 Å². The molecule has 2 rings (SSSR count). The van der Waals surface area contributed by atoms with Crippen LogP contribution in [-0.2, 0) is 4.79 Å². The normalized spacial score (nSPS) is 19.9. The van der Waals surface area contributed by atoms with Gasteiger partial charge in [-0.2, -0.15) is 0 Å². The molecule has 0 radical (unpaired) electrons. The zero-order valence-electron chi connectivity index (χ0n) is 9.35. The summed E-state index contributed by atoms with van der Waals surface area (Å²) in [4.78, 5) is 13.2. The first-order valence-electron chi connectivity index (χ1n) is 5.30. The fourth-order valence-corrected chi connectivity index (χ4v) is 2.01. The van der Waals surface area contributed by atoms with Crippen LogP contribution in [-0.4, -0.2) is 24.5 Å². The van der Waals surface area contributed by atoms with Crippen molar-refractivity contribution in [1.82, 2.24) is 4.90 Å². The molecule has 1 aliphatic rings. The number of rotatable bonds is 3. The molecule has 1 aliphatic heterocycles. The summed E-state index contributed by atoms with van der Waals surface area (Å²) in [5.41, 5.74) is 1.18. The Morgan fingerprint density at radius 2 is 2.12 bits per heavy atom. The lowest BCUT2D eigenvalue weighted by atomic mass is 9.98. The van der Waals surface area contributed by atoms with Gasteiger partial charge in [-0.3, -0.25) is 4.79 Å². The molecular formula is C13H15NO2. The Morgan fingerprint density at radius 1 is 1.44 bits per heavy atom. The number of carbonyl (C=O) groups is 1. The molecule has 0 bridgehead atoms. The first-order valence-corrected chi connectivity index (χ1v) is 5.30. The Bertz CT molecular complexity index is 397. The average Bonchev–Trinajstić information content (AvgIpc) is 2.71. The monoisotopic (exact) mass is 217 g/mol. The Hall–Kier alpha value is -1.77. The summed E-state index contributed by atoms with van der Waals surface area (Å²) in [6, 6.07) is 7.89. The summed E-state index contributed by atoms with van der Waals surface area (Å²) in [7, 11) is 1.65. The lowest BCUT2D eigenvalue weighted by Gasteiger charge is -2.11. The summed E-state index contributed by atoms with van der Waals surface area (Å²) in [5.74, 6) is 1.26. The molecule has 1 fully saturated rings. The van der Waals surface area contributed by atoms with Crippen LogP contribution < -0.4 is 4.74 Å². The maximum absolute atomic E-state index is 11.5. The smallest absolute Gasteiger partial charge is 0.227 e. The molecule has 1 aromatic rings. The first-order chi connectivity index (χ1) is 7.74. The molecule has 3 heteroatoms. The highest BCUT2D eigenvalue weighted by atomic mass is 16.5. The fourth-order valence-electron chi connectivity index (χ4n) is 2.01. The van der Waals surface area contributed by atoms with E-state index in [0.717, 1.165) is 12.3 Å². The molecule has 84 valence electrons. The Morgan fingerprint density at radius 3 is 2.62 bits per heavy atom. The summed E-state index contributed by atoms with van der Waals surface area (Å²) in [6.45, 7) is 4.36. The third kappa shape index (κ3) is 1.94. The molecule has 1 amide bonds. The maximum Gasteiger partial charge on any atom is 0.227 e. The molecule has 1 aromatic carbocycles. The number of amides is 1. The van der Waals surface area contributed by atoms with Gasteiger partial charge in [0.25, 0.3) is 0 Å². The largest absolute Gasteiger partial charge is 0.497 e. The Labute approximate surface area is 95.3 Å².